The Bertz CT molecular complexity index is 680. The Balaban J connectivity index is 1.81. The molecule has 0 saturated heterocycles. The van der Waals surface area contributed by atoms with Gasteiger partial charge < -0.3 is 10.2 Å². The standard InChI is InChI=1S/C22H31N3O/c1-5-22(2,3)14-10-18-6-8-20(9-7-18)24-21(26)25(4)17-13-19-11-15-23-16-12-19/h6-9,11-12,15-16H,5,10,13-14,17H2,1-4H3,(H,24,26). The van der Waals surface area contributed by atoms with Crippen LogP contribution in [-0.4, -0.2) is 29.5 Å². The lowest BCUT2D eigenvalue weighted by atomic mass is 9.84. The quantitative estimate of drug-likeness (QED) is 0.713. The van der Waals surface area contributed by atoms with Crippen molar-refractivity contribution in [2.24, 2.45) is 5.41 Å². The topological polar surface area (TPSA) is 45.2 Å². The number of carbonyl (C=O) groups is 1. The molecule has 2 aromatic rings. The summed E-state index contributed by atoms with van der Waals surface area (Å²) in [6.07, 6.45) is 7.80. The molecule has 0 atom stereocenters. The Hall–Kier alpha value is -2.36. The van der Waals surface area contributed by atoms with Gasteiger partial charge in [-0.05, 0) is 60.1 Å². The molecule has 1 heterocycles. The van der Waals surface area contributed by atoms with E-state index in [1.54, 1.807) is 17.3 Å². The second-order valence-corrected chi connectivity index (χ2v) is 7.67. The summed E-state index contributed by atoms with van der Waals surface area (Å²) in [5.74, 6) is 0. The van der Waals surface area contributed by atoms with Crippen LogP contribution >= 0.6 is 0 Å². The fraction of sp³-hybridized carbons (Fsp3) is 0.455. The van der Waals surface area contributed by atoms with Crippen LogP contribution in [0.4, 0.5) is 10.5 Å². The number of urea groups is 1. The van der Waals surface area contributed by atoms with Gasteiger partial charge in [-0.3, -0.25) is 4.98 Å². The first-order valence-corrected chi connectivity index (χ1v) is 9.39. The maximum atomic E-state index is 12.3. The van der Waals surface area contributed by atoms with Gasteiger partial charge in [-0.2, -0.15) is 0 Å². The third-order valence-electron chi connectivity index (χ3n) is 5.08. The maximum absolute atomic E-state index is 12.3. The molecule has 4 nitrogen and oxygen atoms in total. The molecule has 1 aromatic carbocycles. The van der Waals surface area contributed by atoms with E-state index in [-0.39, 0.29) is 6.03 Å². The highest BCUT2D eigenvalue weighted by atomic mass is 16.2. The number of nitrogens with one attached hydrogen (secondary N) is 1. The van der Waals surface area contributed by atoms with E-state index < -0.39 is 0 Å². The molecule has 26 heavy (non-hydrogen) atoms. The van der Waals surface area contributed by atoms with E-state index in [9.17, 15) is 4.79 Å². The first-order valence-electron chi connectivity index (χ1n) is 9.39. The zero-order valence-corrected chi connectivity index (χ0v) is 16.5. The molecule has 4 heteroatoms. The molecule has 2 amide bonds. The average Bonchev–Trinajstić information content (AvgIpc) is 2.66. The predicted octanol–water partition coefficient (Wildman–Crippen LogP) is 5.16. The van der Waals surface area contributed by atoms with Crippen molar-refractivity contribution in [3.63, 3.8) is 0 Å². The highest BCUT2D eigenvalue weighted by Gasteiger charge is 2.14. The number of pyridine rings is 1. The summed E-state index contributed by atoms with van der Waals surface area (Å²) < 4.78 is 0. The van der Waals surface area contributed by atoms with E-state index in [2.05, 4.69) is 43.2 Å². The lowest BCUT2D eigenvalue weighted by Gasteiger charge is -2.22. The van der Waals surface area contributed by atoms with E-state index in [1.807, 2.05) is 31.3 Å². The number of anilines is 1. The van der Waals surface area contributed by atoms with E-state index in [0.29, 0.717) is 12.0 Å². The molecule has 0 aliphatic carbocycles. The van der Waals surface area contributed by atoms with Gasteiger partial charge in [0.05, 0.1) is 0 Å². The van der Waals surface area contributed by atoms with Crippen LogP contribution in [0.3, 0.4) is 0 Å². The van der Waals surface area contributed by atoms with Gasteiger partial charge in [0.15, 0.2) is 0 Å². The Morgan fingerprint density at radius 3 is 2.27 bits per heavy atom. The summed E-state index contributed by atoms with van der Waals surface area (Å²) >= 11 is 0. The fourth-order valence-corrected chi connectivity index (χ4v) is 2.58. The number of hydrogen-bond donors (Lipinski definition) is 1. The molecule has 0 saturated carbocycles. The van der Waals surface area contributed by atoms with Gasteiger partial charge in [-0.1, -0.05) is 39.3 Å². The van der Waals surface area contributed by atoms with Gasteiger partial charge in [0, 0.05) is 31.7 Å². The molecule has 1 N–H and O–H groups in total. The lowest BCUT2D eigenvalue weighted by molar-refractivity contribution is 0.223. The monoisotopic (exact) mass is 353 g/mol. The van der Waals surface area contributed by atoms with Gasteiger partial charge >= 0.3 is 6.03 Å². The number of aryl methyl sites for hydroxylation is 1. The Kier molecular flexibility index (Phi) is 7.19. The average molecular weight is 354 g/mol. The van der Waals surface area contributed by atoms with Crippen molar-refractivity contribution in [1.29, 1.82) is 0 Å². The summed E-state index contributed by atoms with van der Waals surface area (Å²) in [4.78, 5) is 18.0. The molecule has 0 fully saturated rings. The first-order chi connectivity index (χ1) is 12.4. The minimum absolute atomic E-state index is 0.0843. The molecule has 0 aliphatic rings. The number of aromatic nitrogens is 1. The van der Waals surface area contributed by atoms with E-state index in [1.165, 1.54) is 24.0 Å². The van der Waals surface area contributed by atoms with Crippen molar-refractivity contribution in [2.75, 3.05) is 18.9 Å². The van der Waals surface area contributed by atoms with Crippen molar-refractivity contribution in [2.45, 2.75) is 46.5 Å². The Labute approximate surface area is 157 Å². The van der Waals surface area contributed by atoms with E-state index in [4.69, 9.17) is 0 Å². The minimum Gasteiger partial charge on any atom is -0.327 e. The van der Waals surface area contributed by atoms with Crippen molar-refractivity contribution < 1.29 is 4.79 Å². The molecule has 0 unspecified atom stereocenters. The number of rotatable bonds is 8. The highest BCUT2D eigenvalue weighted by Crippen LogP contribution is 2.26. The predicted molar refractivity (Wildman–Crippen MR) is 108 cm³/mol. The third kappa shape index (κ3) is 6.51. The van der Waals surface area contributed by atoms with Crippen molar-refractivity contribution in [3.05, 3.63) is 59.9 Å². The maximum Gasteiger partial charge on any atom is 0.321 e. The van der Waals surface area contributed by atoms with Crippen LogP contribution in [0.1, 0.15) is 44.7 Å². The van der Waals surface area contributed by atoms with Gasteiger partial charge in [0.1, 0.15) is 0 Å². The number of nitrogens with zero attached hydrogens (tertiary/aromatic N) is 2. The highest BCUT2D eigenvalue weighted by molar-refractivity contribution is 5.89. The Morgan fingerprint density at radius 2 is 1.65 bits per heavy atom. The number of benzene rings is 1. The summed E-state index contributed by atoms with van der Waals surface area (Å²) in [5, 5.41) is 2.96. The number of carbonyl (C=O) groups excluding carboxylic acids is 1. The van der Waals surface area contributed by atoms with E-state index in [0.717, 1.165) is 18.5 Å². The molecule has 0 aliphatic heterocycles. The van der Waals surface area contributed by atoms with Crippen LogP contribution in [0.15, 0.2) is 48.8 Å². The summed E-state index contributed by atoms with van der Waals surface area (Å²) in [6.45, 7) is 7.52. The van der Waals surface area contributed by atoms with Crippen molar-refractivity contribution in [3.8, 4) is 0 Å². The van der Waals surface area contributed by atoms with Crippen molar-refractivity contribution in [1.82, 2.24) is 9.88 Å². The van der Waals surface area contributed by atoms with Gasteiger partial charge in [0.2, 0.25) is 0 Å². The number of hydrogen-bond acceptors (Lipinski definition) is 2. The number of amides is 2. The minimum atomic E-state index is -0.0843. The zero-order chi connectivity index (χ0) is 19.0. The van der Waals surface area contributed by atoms with Crippen LogP contribution in [0, 0.1) is 5.41 Å². The summed E-state index contributed by atoms with van der Waals surface area (Å²) in [7, 11) is 1.82. The van der Waals surface area contributed by atoms with Crippen LogP contribution in [-0.2, 0) is 12.8 Å². The largest absolute Gasteiger partial charge is 0.327 e. The second-order valence-electron chi connectivity index (χ2n) is 7.67. The lowest BCUT2D eigenvalue weighted by Crippen LogP contribution is -2.32. The van der Waals surface area contributed by atoms with Gasteiger partial charge in [-0.25, -0.2) is 4.79 Å². The molecule has 2 rings (SSSR count). The van der Waals surface area contributed by atoms with Gasteiger partial charge in [-0.15, -0.1) is 0 Å². The number of likely N-dealkylation sites (N-methyl/N-ethyl adjacent to an activating group) is 1. The first kappa shape index (κ1) is 20.0. The summed E-state index contributed by atoms with van der Waals surface area (Å²) in [5.41, 5.74) is 3.71. The molecule has 140 valence electrons. The van der Waals surface area contributed by atoms with Crippen molar-refractivity contribution >= 4 is 11.7 Å². The molecular formula is C22H31N3O. The van der Waals surface area contributed by atoms with Crippen LogP contribution in [0.25, 0.3) is 0 Å². The van der Waals surface area contributed by atoms with Crippen LogP contribution in [0.2, 0.25) is 0 Å². The van der Waals surface area contributed by atoms with E-state index >= 15 is 0 Å². The summed E-state index contributed by atoms with van der Waals surface area (Å²) in [6, 6.07) is 12.1. The second kappa shape index (κ2) is 9.37. The molecule has 0 bridgehead atoms. The third-order valence-corrected chi connectivity index (χ3v) is 5.08. The zero-order valence-electron chi connectivity index (χ0n) is 16.5. The van der Waals surface area contributed by atoms with Crippen LogP contribution < -0.4 is 5.32 Å². The SMILES string of the molecule is CCC(C)(C)CCc1ccc(NC(=O)N(C)CCc2ccncc2)cc1. The molecular weight excluding hydrogens is 322 g/mol. The molecule has 0 spiro atoms. The Morgan fingerprint density at radius 1 is 1.04 bits per heavy atom. The van der Waals surface area contributed by atoms with Crippen LogP contribution in [0.5, 0.6) is 0 Å². The smallest absolute Gasteiger partial charge is 0.321 e. The fourth-order valence-electron chi connectivity index (χ4n) is 2.58. The normalized spacial score (nSPS) is 11.2. The molecule has 0 radical (unpaired) electrons. The molecule has 1 aromatic heterocycles. The van der Waals surface area contributed by atoms with Gasteiger partial charge in [0.25, 0.3) is 0 Å².